The van der Waals surface area contributed by atoms with E-state index in [0.717, 1.165) is 25.7 Å². The van der Waals surface area contributed by atoms with Crippen molar-refractivity contribution in [1.82, 2.24) is 0 Å². The van der Waals surface area contributed by atoms with Crippen molar-refractivity contribution in [3.8, 4) is 0 Å². The van der Waals surface area contributed by atoms with E-state index in [2.05, 4.69) is 6.92 Å². The van der Waals surface area contributed by atoms with Crippen LogP contribution in [0, 0.1) is 5.41 Å². The summed E-state index contributed by atoms with van der Waals surface area (Å²) in [7, 11) is 1.44. The molecular weight excluding hydrogens is 208 g/mol. The van der Waals surface area contributed by atoms with E-state index in [1.165, 1.54) is 7.11 Å². The zero-order valence-corrected chi connectivity index (χ0v) is 10.1. The first-order valence-corrected chi connectivity index (χ1v) is 5.92. The average molecular weight is 228 g/mol. The van der Waals surface area contributed by atoms with E-state index in [1.807, 2.05) is 0 Å². The first kappa shape index (κ1) is 11.9. The topological polar surface area (TPSA) is 44.8 Å². The molecule has 0 aromatic rings. The predicted octanol–water partition coefficient (Wildman–Crippen LogP) is 1.87. The molecule has 0 amide bonds. The lowest BCUT2D eigenvalue weighted by Crippen LogP contribution is -2.42. The van der Waals surface area contributed by atoms with Crippen LogP contribution in [0.5, 0.6) is 0 Å². The van der Waals surface area contributed by atoms with Gasteiger partial charge in [0, 0.05) is 12.8 Å². The summed E-state index contributed by atoms with van der Waals surface area (Å²) in [5.74, 6) is -0.557. The molecule has 1 aliphatic carbocycles. The predicted molar refractivity (Wildman–Crippen MR) is 57.8 cm³/mol. The van der Waals surface area contributed by atoms with Crippen molar-refractivity contribution in [3.63, 3.8) is 0 Å². The minimum Gasteiger partial charge on any atom is -0.469 e. The molecule has 1 spiro atoms. The average Bonchev–Trinajstić information content (AvgIpc) is 2.65. The Morgan fingerprint density at radius 1 is 1.31 bits per heavy atom. The fourth-order valence-corrected chi connectivity index (χ4v) is 2.93. The maximum Gasteiger partial charge on any atom is 0.306 e. The molecule has 1 saturated carbocycles. The second-order valence-corrected chi connectivity index (χ2v) is 5.20. The van der Waals surface area contributed by atoms with E-state index in [-0.39, 0.29) is 11.4 Å². The van der Waals surface area contributed by atoms with Gasteiger partial charge in [-0.25, -0.2) is 0 Å². The van der Waals surface area contributed by atoms with E-state index in [9.17, 15) is 4.79 Å². The quantitative estimate of drug-likeness (QED) is 0.677. The van der Waals surface area contributed by atoms with Crippen LogP contribution in [0.1, 0.15) is 39.0 Å². The molecule has 1 heterocycles. The number of carbonyl (C=O) groups is 1. The molecule has 1 saturated heterocycles. The third-order valence-corrected chi connectivity index (χ3v) is 3.65. The van der Waals surface area contributed by atoms with Crippen LogP contribution < -0.4 is 0 Å². The summed E-state index contributed by atoms with van der Waals surface area (Å²) in [4.78, 5) is 11.4. The van der Waals surface area contributed by atoms with Crippen LogP contribution in [0.15, 0.2) is 0 Å². The number of carbonyl (C=O) groups excluding carboxylic acids is 1. The Labute approximate surface area is 96.2 Å². The molecule has 0 radical (unpaired) electrons. The summed E-state index contributed by atoms with van der Waals surface area (Å²) < 4.78 is 16.2. The molecule has 0 bridgehead atoms. The second kappa shape index (κ2) is 4.34. The molecule has 92 valence electrons. The molecule has 0 aromatic heterocycles. The largest absolute Gasteiger partial charge is 0.469 e. The molecule has 0 N–H and O–H groups in total. The van der Waals surface area contributed by atoms with Crippen LogP contribution in [-0.2, 0) is 19.0 Å². The van der Waals surface area contributed by atoms with Gasteiger partial charge in [-0.3, -0.25) is 4.79 Å². The van der Waals surface area contributed by atoms with Crippen molar-refractivity contribution in [2.24, 2.45) is 5.41 Å². The van der Waals surface area contributed by atoms with Gasteiger partial charge < -0.3 is 14.2 Å². The fourth-order valence-electron chi connectivity index (χ4n) is 2.93. The lowest BCUT2D eigenvalue weighted by molar-refractivity contribution is -0.202. The van der Waals surface area contributed by atoms with Crippen LogP contribution in [0.4, 0.5) is 0 Å². The first-order valence-electron chi connectivity index (χ1n) is 5.92. The van der Waals surface area contributed by atoms with Crippen molar-refractivity contribution < 1.29 is 19.0 Å². The number of hydrogen-bond donors (Lipinski definition) is 0. The molecule has 2 aliphatic rings. The Hall–Kier alpha value is -0.610. The number of esters is 1. The van der Waals surface area contributed by atoms with Gasteiger partial charge >= 0.3 is 5.97 Å². The van der Waals surface area contributed by atoms with Crippen LogP contribution in [-0.4, -0.2) is 32.1 Å². The third kappa shape index (κ3) is 2.38. The molecule has 0 unspecified atom stereocenters. The maximum atomic E-state index is 11.4. The first-order chi connectivity index (χ1) is 7.58. The summed E-state index contributed by atoms with van der Waals surface area (Å²) in [6.45, 7) is 3.47. The van der Waals surface area contributed by atoms with Crippen molar-refractivity contribution >= 4 is 5.97 Å². The van der Waals surface area contributed by atoms with Crippen molar-refractivity contribution in [3.05, 3.63) is 0 Å². The van der Waals surface area contributed by atoms with Gasteiger partial charge in [-0.1, -0.05) is 6.92 Å². The van der Waals surface area contributed by atoms with Crippen molar-refractivity contribution in [1.29, 1.82) is 0 Å². The summed E-state index contributed by atoms with van der Waals surface area (Å²) in [5.41, 5.74) is -0.0459. The van der Waals surface area contributed by atoms with Gasteiger partial charge in [0.1, 0.15) is 0 Å². The highest BCUT2D eigenvalue weighted by molar-refractivity contribution is 5.70. The molecule has 2 fully saturated rings. The Balaban J connectivity index is 2.02. The highest BCUT2D eigenvalue weighted by Crippen LogP contribution is 2.47. The number of methoxy groups -OCH3 is 1. The van der Waals surface area contributed by atoms with E-state index in [4.69, 9.17) is 14.2 Å². The Bertz CT molecular complexity index is 270. The van der Waals surface area contributed by atoms with Crippen molar-refractivity contribution in [2.45, 2.75) is 44.8 Å². The summed E-state index contributed by atoms with van der Waals surface area (Å²) in [5, 5.41) is 0. The minimum absolute atomic E-state index is 0.0459. The van der Waals surface area contributed by atoms with E-state index in [0.29, 0.717) is 19.6 Å². The van der Waals surface area contributed by atoms with Gasteiger partial charge in [-0.05, 0) is 18.3 Å². The Kier molecular flexibility index (Phi) is 3.22. The highest BCUT2D eigenvalue weighted by Gasteiger charge is 2.47. The molecule has 4 nitrogen and oxygen atoms in total. The summed E-state index contributed by atoms with van der Waals surface area (Å²) >= 11 is 0. The van der Waals surface area contributed by atoms with Gasteiger partial charge in [0.15, 0.2) is 5.79 Å². The second-order valence-electron chi connectivity index (χ2n) is 5.20. The van der Waals surface area contributed by atoms with E-state index in [1.54, 1.807) is 0 Å². The number of ether oxygens (including phenoxy) is 3. The lowest BCUT2D eigenvalue weighted by Gasteiger charge is -2.42. The Morgan fingerprint density at radius 2 is 2.00 bits per heavy atom. The third-order valence-electron chi connectivity index (χ3n) is 3.65. The number of rotatable bonds is 2. The summed E-state index contributed by atoms with van der Waals surface area (Å²) in [6.07, 6.45) is 4.29. The summed E-state index contributed by atoms with van der Waals surface area (Å²) in [6, 6.07) is 0. The molecular formula is C12H20O4. The fraction of sp³-hybridized carbons (Fsp3) is 0.917. The molecule has 1 atom stereocenters. The van der Waals surface area contributed by atoms with Crippen LogP contribution in [0.3, 0.4) is 0 Å². The molecule has 4 heteroatoms. The number of hydrogen-bond acceptors (Lipinski definition) is 4. The van der Waals surface area contributed by atoms with Gasteiger partial charge in [0.05, 0.1) is 26.7 Å². The normalized spacial score (nSPS) is 32.9. The maximum absolute atomic E-state index is 11.4. The van der Waals surface area contributed by atoms with Gasteiger partial charge in [0.2, 0.25) is 0 Å². The zero-order chi connectivity index (χ0) is 11.6. The van der Waals surface area contributed by atoms with Crippen LogP contribution in [0.25, 0.3) is 0 Å². The smallest absolute Gasteiger partial charge is 0.306 e. The van der Waals surface area contributed by atoms with Gasteiger partial charge in [0.25, 0.3) is 0 Å². The zero-order valence-electron chi connectivity index (χ0n) is 10.1. The lowest BCUT2D eigenvalue weighted by atomic mass is 9.71. The van der Waals surface area contributed by atoms with E-state index >= 15 is 0 Å². The SMILES string of the molecule is COC(=O)C[C@]1(C)CCCC2(C1)OCCO2. The van der Waals surface area contributed by atoms with Crippen LogP contribution in [0.2, 0.25) is 0 Å². The minimum atomic E-state index is -0.416. The molecule has 16 heavy (non-hydrogen) atoms. The highest BCUT2D eigenvalue weighted by atomic mass is 16.7. The van der Waals surface area contributed by atoms with Gasteiger partial charge in [-0.2, -0.15) is 0 Å². The Morgan fingerprint density at radius 3 is 2.62 bits per heavy atom. The van der Waals surface area contributed by atoms with Crippen LogP contribution >= 0.6 is 0 Å². The molecule has 0 aromatic carbocycles. The monoisotopic (exact) mass is 228 g/mol. The molecule has 1 aliphatic heterocycles. The van der Waals surface area contributed by atoms with Crippen molar-refractivity contribution in [2.75, 3.05) is 20.3 Å². The van der Waals surface area contributed by atoms with E-state index < -0.39 is 5.79 Å². The standard InChI is InChI=1S/C12H20O4/c1-11(8-10(13)14-2)4-3-5-12(9-11)15-6-7-16-12/h3-9H2,1-2H3/t11-/m0/s1. The molecule has 2 rings (SSSR count). The van der Waals surface area contributed by atoms with Gasteiger partial charge in [-0.15, -0.1) is 0 Å².